The van der Waals surface area contributed by atoms with Gasteiger partial charge in [0.05, 0.1) is 11.0 Å². The van der Waals surface area contributed by atoms with Crippen molar-refractivity contribution in [3.05, 3.63) is 34.2 Å². The summed E-state index contributed by atoms with van der Waals surface area (Å²) in [5.74, 6) is 0.229. The molecule has 4 aliphatic rings. The topological polar surface area (TPSA) is 156 Å². The number of piperazine rings is 1. The fourth-order valence-corrected chi connectivity index (χ4v) is 6.97. The first-order chi connectivity index (χ1) is 20.0. The molecular formula is C31H45N9O2. The molecule has 226 valence electrons. The summed E-state index contributed by atoms with van der Waals surface area (Å²) in [7, 11) is 2.11. The zero-order chi connectivity index (χ0) is 30.2. The van der Waals surface area contributed by atoms with E-state index in [9.17, 15) is 10.1 Å². The second kappa shape index (κ2) is 11.7. The molecule has 0 aromatic carbocycles. The number of anilines is 1. The lowest BCUT2D eigenvalue weighted by molar-refractivity contribution is -0.127. The number of nitrogens with two attached hydrogens (primary N) is 1. The number of amides is 1. The second-order valence-electron chi connectivity index (χ2n) is 12.9. The molecule has 11 heteroatoms. The van der Waals surface area contributed by atoms with Crippen LogP contribution in [0.25, 0.3) is 0 Å². The minimum absolute atomic E-state index is 0.119. The van der Waals surface area contributed by atoms with Gasteiger partial charge in [-0.05, 0) is 91.8 Å². The van der Waals surface area contributed by atoms with Gasteiger partial charge in [-0.1, -0.05) is 5.57 Å². The predicted molar refractivity (Wildman–Crippen MR) is 162 cm³/mol. The van der Waals surface area contributed by atoms with Crippen molar-refractivity contribution in [1.29, 1.82) is 10.7 Å². The van der Waals surface area contributed by atoms with Crippen molar-refractivity contribution in [2.24, 2.45) is 11.1 Å². The quantitative estimate of drug-likeness (QED) is 0.218. The third-order valence-corrected chi connectivity index (χ3v) is 9.61. The summed E-state index contributed by atoms with van der Waals surface area (Å²) in [6, 6.07) is 4.47. The molecule has 1 aromatic rings. The van der Waals surface area contributed by atoms with Gasteiger partial charge in [0.2, 0.25) is 5.91 Å². The lowest BCUT2D eigenvalue weighted by Gasteiger charge is -2.36. The Morgan fingerprint density at radius 2 is 2.07 bits per heavy atom. The van der Waals surface area contributed by atoms with Crippen LogP contribution in [0.3, 0.4) is 0 Å². The maximum atomic E-state index is 13.9. The van der Waals surface area contributed by atoms with Crippen molar-refractivity contribution >= 4 is 17.6 Å². The fourth-order valence-electron chi connectivity index (χ4n) is 6.97. The van der Waals surface area contributed by atoms with Crippen LogP contribution in [0.15, 0.2) is 28.5 Å². The van der Waals surface area contributed by atoms with Crippen LogP contribution in [-0.4, -0.2) is 77.5 Å². The number of carbonyl (C=O) groups is 1. The number of hydrogen-bond acceptors (Lipinski definition) is 10. The number of aromatic nitrogens is 2. The van der Waals surface area contributed by atoms with Gasteiger partial charge in [0, 0.05) is 43.0 Å². The van der Waals surface area contributed by atoms with Crippen LogP contribution in [0.2, 0.25) is 0 Å². The summed E-state index contributed by atoms with van der Waals surface area (Å²) < 4.78 is 6.32. The molecule has 1 amide bonds. The number of hydrogen-bond donors (Lipinski definition) is 4. The SMILES string of the molecule is CC1=C(/C(C#N)=C(\C)N)[C@@](C)(C(=O)NC(=N)c2cc(N3CCNC4(CC4)C3)nc(O[C@@H](C)[C@@H]3CCCN3C)n2)CCC1. The fraction of sp³-hybridized carbons (Fsp3) is 0.645. The molecule has 2 saturated heterocycles. The van der Waals surface area contributed by atoms with Crippen molar-refractivity contribution in [1.82, 2.24) is 25.5 Å². The highest BCUT2D eigenvalue weighted by molar-refractivity contribution is 6.08. The monoisotopic (exact) mass is 575 g/mol. The Morgan fingerprint density at radius 1 is 1.31 bits per heavy atom. The molecule has 1 aromatic heterocycles. The van der Waals surface area contributed by atoms with E-state index in [2.05, 4.69) is 38.5 Å². The number of ether oxygens (including phenoxy) is 1. The van der Waals surface area contributed by atoms with Gasteiger partial charge in [-0.25, -0.2) is 0 Å². The van der Waals surface area contributed by atoms with E-state index in [1.165, 1.54) is 0 Å². The molecule has 2 aliphatic heterocycles. The molecule has 5 N–H and O–H groups in total. The number of likely N-dealkylation sites (tertiary alicyclic amines) is 1. The van der Waals surface area contributed by atoms with E-state index in [-0.39, 0.29) is 35.4 Å². The van der Waals surface area contributed by atoms with Crippen LogP contribution in [0.5, 0.6) is 6.01 Å². The van der Waals surface area contributed by atoms with E-state index >= 15 is 0 Å². The molecule has 1 spiro atoms. The first-order valence-electron chi connectivity index (χ1n) is 15.2. The van der Waals surface area contributed by atoms with Gasteiger partial charge in [0.25, 0.3) is 0 Å². The Kier molecular flexibility index (Phi) is 8.32. The molecule has 3 heterocycles. The maximum Gasteiger partial charge on any atom is 0.319 e. The van der Waals surface area contributed by atoms with Crippen molar-refractivity contribution in [3.8, 4) is 12.1 Å². The number of nitriles is 1. The van der Waals surface area contributed by atoms with Gasteiger partial charge in [-0.15, -0.1) is 0 Å². The first kappa shape index (κ1) is 30.0. The summed E-state index contributed by atoms with van der Waals surface area (Å²) in [6.07, 6.45) is 6.47. The number of nitrogens with one attached hydrogen (secondary N) is 3. The number of nitrogens with zero attached hydrogens (tertiary/aromatic N) is 5. The Morgan fingerprint density at radius 3 is 2.71 bits per heavy atom. The second-order valence-corrected chi connectivity index (χ2v) is 12.9. The van der Waals surface area contributed by atoms with Crippen LogP contribution in [-0.2, 0) is 4.79 Å². The number of allylic oxidation sites excluding steroid dienone is 3. The lowest BCUT2D eigenvalue weighted by Crippen LogP contribution is -2.53. The van der Waals surface area contributed by atoms with Crippen LogP contribution in [0.1, 0.15) is 78.3 Å². The smallest absolute Gasteiger partial charge is 0.319 e. The highest BCUT2D eigenvalue weighted by atomic mass is 16.5. The van der Waals surface area contributed by atoms with E-state index in [0.29, 0.717) is 34.8 Å². The Balaban J connectivity index is 1.43. The zero-order valence-corrected chi connectivity index (χ0v) is 25.6. The van der Waals surface area contributed by atoms with Gasteiger partial charge >= 0.3 is 6.01 Å². The molecule has 3 atom stereocenters. The zero-order valence-electron chi connectivity index (χ0n) is 25.6. The highest BCUT2D eigenvalue weighted by Crippen LogP contribution is 2.45. The van der Waals surface area contributed by atoms with E-state index in [1.54, 1.807) is 13.0 Å². The number of likely N-dealkylation sites (N-methyl/N-ethyl adjacent to an activating group) is 1. The van der Waals surface area contributed by atoms with Crippen molar-refractivity contribution < 1.29 is 9.53 Å². The molecule has 0 unspecified atom stereocenters. The van der Waals surface area contributed by atoms with Gasteiger partial charge in [-0.3, -0.25) is 15.1 Å². The molecule has 11 nitrogen and oxygen atoms in total. The summed E-state index contributed by atoms with van der Waals surface area (Å²) >= 11 is 0. The molecule has 5 rings (SSSR count). The Labute approximate surface area is 249 Å². The minimum atomic E-state index is -1.01. The number of amidine groups is 1. The van der Waals surface area contributed by atoms with Gasteiger partial charge in [0.1, 0.15) is 23.7 Å². The van der Waals surface area contributed by atoms with Crippen LogP contribution < -0.4 is 26.0 Å². The molecular weight excluding hydrogens is 530 g/mol. The maximum absolute atomic E-state index is 13.9. The van der Waals surface area contributed by atoms with Crippen molar-refractivity contribution in [2.75, 3.05) is 38.1 Å². The van der Waals surface area contributed by atoms with Crippen molar-refractivity contribution in [3.63, 3.8) is 0 Å². The molecule has 2 aliphatic carbocycles. The van der Waals surface area contributed by atoms with E-state index in [4.69, 9.17) is 20.9 Å². The molecule has 0 bridgehead atoms. The van der Waals surface area contributed by atoms with E-state index in [1.807, 2.05) is 20.8 Å². The lowest BCUT2D eigenvalue weighted by atomic mass is 9.68. The van der Waals surface area contributed by atoms with Crippen molar-refractivity contribution in [2.45, 2.75) is 90.3 Å². The Bertz CT molecular complexity index is 1350. The molecule has 3 fully saturated rings. The van der Waals surface area contributed by atoms with Gasteiger partial charge in [-0.2, -0.15) is 15.2 Å². The first-order valence-corrected chi connectivity index (χ1v) is 15.2. The van der Waals surface area contributed by atoms with Gasteiger partial charge in [0.15, 0.2) is 5.84 Å². The van der Waals surface area contributed by atoms with E-state index < -0.39 is 5.41 Å². The average Bonchev–Trinajstić information content (AvgIpc) is 3.54. The Hall–Kier alpha value is -3.49. The number of carbonyl (C=O) groups excluding carboxylic acids is 1. The van der Waals surface area contributed by atoms with E-state index in [0.717, 1.165) is 70.3 Å². The standard InChI is InChI=1S/C31H45N9O2/c1-19-8-6-10-30(4,26(19)22(17-32)20(2)33)28(41)38-27(34)23-16-25(40-15-13-35-31(18-40)11-12-31)37-29(36-23)42-21(3)24-9-7-14-39(24)5/h16,21,24,35H,6-15,18,33H2,1-5H3,(H2,34,38,41)/b22-20+/t21-,24-,30-/m0/s1. The largest absolute Gasteiger partial charge is 0.459 e. The van der Waals surface area contributed by atoms with Gasteiger partial charge < -0.3 is 26.0 Å². The van der Waals surface area contributed by atoms with Crippen LogP contribution in [0, 0.1) is 22.2 Å². The molecule has 0 radical (unpaired) electrons. The molecule has 1 saturated carbocycles. The van der Waals surface area contributed by atoms with Crippen LogP contribution in [0.4, 0.5) is 5.82 Å². The summed E-state index contributed by atoms with van der Waals surface area (Å²) in [4.78, 5) is 27.8. The highest BCUT2D eigenvalue weighted by Gasteiger charge is 2.46. The van der Waals surface area contributed by atoms with Crippen LogP contribution >= 0.6 is 0 Å². The average molecular weight is 576 g/mol. The third kappa shape index (κ3) is 5.88. The number of rotatable bonds is 7. The summed E-state index contributed by atoms with van der Waals surface area (Å²) in [5, 5.41) is 25.3. The predicted octanol–water partition coefficient (Wildman–Crippen LogP) is 2.98. The third-order valence-electron chi connectivity index (χ3n) is 9.61. The normalized spacial score (nSPS) is 26.9. The summed E-state index contributed by atoms with van der Waals surface area (Å²) in [5.41, 5.74) is 7.88. The summed E-state index contributed by atoms with van der Waals surface area (Å²) in [6.45, 7) is 11.0. The molecule has 42 heavy (non-hydrogen) atoms. The minimum Gasteiger partial charge on any atom is -0.459 e.